The summed E-state index contributed by atoms with van der Waals surface area (Å²) in [5, 5.41) is 13.3. The van der Waals surface area contributed by atoms with Crippen molar-refractivity contribution in [3.63, 3.8) is 0 Å². The van der Waals surface area contributed by atoms with E-state index in [1.165, 1.54) is 0 Å². The minimum Gasteiger partial charge on any atom is -0.451 e. The van der Waals surface area contributed by atoms with Crippen molar-refractivity contribution >= 4 is 28.5 Å². The third kappa shape index (κ3) is 2.97. The number of carbonyl (C=O) groups is 1. The van der Waals surface area contributed by atoms with E-state index in [0.29, 0.717) is 17.0 Å². The first kappa shape index (κ1) is 14.9. The number of benzene rings is 1. The van der Waals surface area contributed by atoms with Crippen LogP contribution in [-0.2, 0) is 0 Å². The third-order valence-corrected chi connectivity index (χ3v) is 3.53. The number of hydrogen-bond donors (Lipinski definition) is 2. The molecule has 1 aromatic carbocycles. The Bertz CT molecular complexity index is 646. The molecule has 0 fully saturated rings. The van der Waals surface area contributed by atoms with Crippen LogP contribution >= 0.6 is 11.6 Å². The van der Waals surface area contributed by atoms with Crippen LogP contribution in [0.4, 0.5) is 0 Å². The highest BCUT2D eigenvalue weighted by molar-refractivity contribution is 6.31. The highest BCUT2D eigenvalue weighted by Crippen LogP contribution is 2.28. The van der Waals surface area contributed by atoms with Gasteiger partial charge in [0.05, 0.1) is 0 Å². The number of aliphatic hydroxyl groups excluding tert-OH is 1. The molecular weight excluding hydrogens is 278 g/mol. The summed E-state index contributed by atoms with van der Waals surface area (Å²) >= 11 is 5.96. The van der Waals surface area contributed by atoms with Gasteiger partial charge in [0, 0.05) is 28.1 Å². The van der Waals surface area contributed by atoms with Crippen molar-refractivity contribution in [1.29, 1.82) is 0 Å². The Hall–Kier alpha value is -1.52. The number of halogens is 1. The van der Waals surface area contributed by atoms with E-state index in [-0.39, 0.29) is 18.3 Å². The third-order valence-electron chi connectivity index (χ3n) is 3.29. The van der Waals surface area contributed by atoms with Crippen LogP contribution in [0.5, 0.6) is 0 Å². The number of aliphatic hydroxyl groups is 1. The van der Waals surface area contributed by atoms with Crippen LogP contribution in [0.3, 0.4) is 0 Å². The molecule has 5 heteroatoms. The van der Waals surface area contributed by atoms with E-state index in [2.05, 4.69) is 5.32 Å². The number of aryl methyl sites for hydroxylation is 1. The molecule has 1 amide bonds. The van der Waals surface area contributed by atoms with Crippen LogP contribution in [0.25, 0.3) is 11.0 Å². The fraction of sp³-hybridized carbons (Fsp3) is 0.400. The zero-order chi connectivity index (χ0) is 14.9. The minimum absolute atomic E-state index is 0.0159. The quantitative estimate of drug-likeness (QED) is 0.910. The highest BCUT2D eigenvalue weighted by atomic mass is 35.5. The molecule has 2 aromatic rings. The average Bonchev–Trinajstić information content (AvgIpc) is 2.66. The first-order chi connectivity index (χ1) is 9.34. The molecule has 0 aliphatic heterocycles. The van der Waals surface area contributed by atoms with Gasteiger partial charge in [-0.2, -0.15) is 0 Å². The smallest absolute Gasteiger partial charge is 0.287 e. The molecule has 4 nitrogen and oxygen atoms in total. The molecule has 2 rings (SSSR count). The van der Waals surface area contributed by atoms with Crippen molar-refractivity contribution in [2.24, 2.45) is 0 Å². The first-order valence-corrected chi connectivity index (χ1v) is 6.84. The largest absolute Gasteiger partial charge is 0.451 e. The maximum Gasteiger partial charge on any atom is 0.287 e. The summed E-state index contributed by atoms with van der Waals surface area (Å²) in [5.74, 6) is 0.00144. The normalized spacial score (nSPS) is 11.8. The predicted molar refractivity (Wildman–Crippen MR) is 79.2 cm³/mol. The molecule has 0 atom stereocenters. The van der Waals surface area contributed by atoms with Crippen molar-refractivity contribution in [3.8, 4) is 0 Å². The Labute approximate surface area is 122 Å². The molecule has 0 aliphatic rings. The van der Waals surface area contributed by atoms with E-state index in [1.807, 2.05) is 20.8 Å². The van der Waals surface area contributed by atoms with Gasteiger partial charge in [-0.3, -0.25) is 4.79 Å². The fourth-order valence-electron chi connectivity index (χ4n) is 2.12. The molecule has 0 saturated carbocycles. The van der Waals surface area contributed by atoms with Crippen LogP contribution in [0.2, 0.25) is 5.02 Å². The number of rotatable bonds is 4. The molecule has 0 saturated heterocycles. The Morgan fingerprint density at radius 3 is 2.80 bits per heavy atom. The number of nitrogens with one attached hydrogen (secondary N) is 1. The minimum atomic E-state index is -0.491. The van der Waals surface area contributed by atoms with E-state index in [1.54, 1.807) is 18.2 Å². The Balaban J connectivity index is 2.33. The van der Waals surface area contributed by atoms with E-state index < -0.39 is 5.54 Å². The van der Waals surface area contributed by atoms with E-state index in [9.17, 15) is 4.79 Å². The van der Waals surface area contributed by atoms with Gasteiger partial charge in [-0.1, -0.05) is 11.6 Å². The molecule has 0 aliphatic carbocycles. The highest BCUT2D eigenvalue weighted by Gasteiger charge is 2.24. The lowest BCUT2D eigenvalue weighted by atomic mass is 10.0. The zero-order valence-corrected chi connectivity index (χ0v) is 12.5. The number of carbonyl (C=O) groups excluding carboxylic acids is 1. The molecule has 0 radical (unpaired) electrons. The Kier molecular flexibility index (Phi) is 4.06. The lowest BCUT2D eigenvalue weighted by molar-refractivity contribution is 0.0872. The fourth-order valence-corrected chi connectivity index (χ4v) is 2.29. The molecule has 20 heavy (non-hydrogen) atoms. The van der Waals surface area contributed by atoms with Crippen LogP contribution in [0.15, 0.2) is 22.6 Å². The molecule has 0 bridgehead atoms. The SMILES string of the molecule is Cc1c(C(=O)NC(C)(C)CCO)oc2ccc(Cl)cc12. The second-order valence-corrected chi connectivity index (χ2v) is 5.94. The maximum atomic E-state index is 12.3. The van der Waals surface area contributed by atoms with Gasteiger partial charge in [0.2, 0.25) is 0 Å². The number of fused-ring (bicyclic) bond motifs is 1. The van der Waals surface area contributed by atoms with Crippen molar-refractivity contribution in [3.05, 3.63) is 34.5 Å². The Morgan fingerprint density at radius 2 is 2.15 bits per heavy atom. The lowest BCUT2D eigenvalue weighted by Gasteiger charge is -2.24. The summed E-state index contributed by atoms with van der Waals surface area (Å²) in [5.41, 5.74) is 0.909. The second kappa shape index (κ2) is 5.46. The summed E-state index contributed by atoms with van der Waals surface area (Å²) in [6.45, 7) is 5.56. The molecule has 0 unspecified atom stereocenters. The van der Waals surface area contributed by atoms with Gasteiger partial charge < -0.3 is 14.8 Å². The summed E-state index contributed by atoms with van der Waals surface area (Å²) in [6.07, 6.45) is 0.476. The van der Waals surface area contributed by atoms with Crippen LogP contribution in [-0.4, -0.2) is 23.2 Å². The van der Waals surface area contributed by atoms with Gasteiger partial charge in [-0.15, -0.1) is 0 Å². The van der Waals surface area contributed by atoms with Crippen molar-refractivity contribution in [2.45, 2.75) is 32.7 Å². The van der Waals surface area contributed by atoms with Crippen molar-refractivity contribution < 1.29 is 14.3 Å². The Morgan fingerprint density at radius 1 is 1.45 bits per heavy atom. The predicted octanol–water partition coefficient (Wildman–Crippen LogP) is 3.29. The summed E-state index contributed by atoms with van der Waals surface area (Å²) in [7, 11) is 0. The van der Waals surface area contributed by atoms with E-state index in [0.717, 1.165) is 10.9 Å². The summed E-state index contributed by atoms with van der Waals surface area (Å²) in [4.78, 5) is 12.3. The first-order valence-electron chi connectivity index (χ1n) is 6.46. The van der Waals surface area contributed by atoms with Gasteiger partial charge in [0.25, 0.3) is 5.91 Å². The molecule has 1 heterocycles. The molecule has 2 N–H and O–H groups in total. The topological polar surface area (TPSA) is 62.5 Å². The van der Waals surface area contributed by atoms with Crippen LogP contribution in [0, 0.1) is 6.92 Å². The molecule has 0 spiro atoms. The summed E-state index contributed by atoms with van der Waals surface area (Å²) in [6, 6.07) is 5.26. The van der Waals surface area contributed by atoms with Crippen molar-refractivity contribution in [2.75, 3.05) is 6.61 Å². The zero-order valence-electron chi connectivity index (χ0n) is 11.8. The monoisotopic (exact) mass is 295 g/mol. The lowest BCUT2D eigenvalue weighted by Crippen LogP contribution is -2.44. The number of amides is 1. The molecular formula is C15H18ClNO3. The van der Waals surface area contributed by atoms with Gasteiger partial charge in [-0.25, -0.2) is 0 Å². The number of hydrogen-bond acceptors (Lipinski definition) is 3. The molecule has 1 aromatic heterocycles. The van der Waals surface area contributed by atoms with Gasteiger partial charge in [0.15, 0.2) is 5.76 Å². The maximum absolute atomic E-state index is 12.3. The second-order valence-electron chi connectivity index (χ2n) is 5.51. The van der Waals surface area contributed by atoms with Gasteiger partial charge in [0.1, 0.15) is 5.58 Å². The average molecular weight is 296 g/mol. The van der Waals surface area contributed by atoms with E-state index >= 15 is 0 Å². The number of furan rings is 1. The van der Waals surface area contributed by atoms with Gasteiger partial charge >= 0.3 is 0 Å². The summed E-state index contributed by atoms with van der Waals surface area (Å²) < 4.78 is 5.61. The molecule has 108 valence electrons. The van der Waals surface area contributed by atoms with Crippen molar-refractivity contribution in [1.82, 2.24) is 5.32 Å². The van der Waals surface area contributed by atoms with E-state index in [4.69, 9.17) is 21.1 Å². The van der Waals surface area contributed by atoms with Crippen LogP contribution < -0.4 is 5.32 Å². The van der Waals surface area contributed by atoms with Crippen LogP contribution in [0.1, 0.15) is 36.4 Å². The standard InChI is InChI=1S/C15H18ClNO3/c1-9-11-8-10(16)4-5-12(11)20-13(9)14(19)17-15(2,3)6-7-18/h4-5,8,18H,6-7H2,1-3H3,(H,17,19). The van der Waals surface area contributed by atoms with Gasteiger partial charge in [-0.05, 0) is 45.4 Å².